The highest BCUT2D eigenvalue weighted by Gasteiger charge is 2.17. The summed E-state index contributed by atoms with van der Waals surface area (Å²) in [5, 5.41) is 0. The van der Waals surface area contributed by atoms with Crippen molar-refractivity contribution in [3.63, 3.8) is 0 Å². The molecule has 0 aromatic carbocycles. The highest BCUT2D eigenvalue weighted by Crippen LogP contribution is 2.24. The summed E-state index contributed by atoms with van der Waals surface area (Å²) in [5.74, 6) is -1.12. The number of nitrogens with two attached hydrogens (primary N) is 1. The summed E-state index contributed by atoms with van der Waals surface area (Å²) in [6.07, 6.45) is -2.96. The lowest BCUT2D eigenvalue weighted by Gasteiger charge is -2.05. The van der Waals surface area contributed by atoms with E-state index in [0.29, 0.717) is 0 Å². The van der Waals surface area contributed by atoms with Crippen molar-refractivity contribution in [2.24, 2.45) is 5.73 Å². The van der Waals surface area contributed by atoms with Gasteiger partial charge in [-0.05, 0) is 18.2 Å². The van der Waals surface area contributed by atoms with Crippen LogP contribution in [0.4, 0.5) is 18.0 Å². The van der Waals surface area contributed by atoms with Gasteiger partial charge in [0.2, 0.25) is 0 Å². The van der Waals surface area contributed by atoms with Crippen molar-refractivity contribution in [2.45, 2.75) is 6.43 Å². The minimum atomic E-state index is -3.06. The predicted octanol–water partition coefficient (Wildman–Crippen LogP) is 2.07. The van der Waals surface area contributed by atoms with Gasteiger partial charge in [0.1, 0.15) is 5.69 Å². The van der Waals surface area contributed by atoms with Gasteiger partial charge in [0.25, 0.3) is 6.43 Å². The van der Waals surface area contributed by atoms with Crippen LogP contribution < -0.4 is 10.5 Å². The van der Waals surface area contributed by atoms with Gasteiger partial charge in [-0.15, -0.1) is 0 Å². The van der Waals surface area contributed by atoms with E-state index in [1.165, 1.54) is 12.3 Å². The second kappa shape index (κ2) is 5.51. The van der Waals surface area contributed by atoms with Crippen LogP contribution in [0.5, 0.6) is 6.01 Å². The molecule has 0 aliphatic carbocycles. The molecular weight excluding hydrogens is 277 g/mol. The molecule has 0 unspecified atom stereocenters. The van der Waals surface area contributed by atoms with Gasteiger partial charge < -0.3 is 10.5 Å². The number of carbonyl (C=O) groups is 1. The first-order chi connectivity index (χ1) is 9.47. The van der Waals surface area contributed by atoms with Crippen molar-refractivity contribution in [3.05, 3.63) is 35.9 Å². The smallest absolute Gasteiger partial charge is 0.374 e. The summed E-state index contributed by atoms with van der Waals surface area (Å²) >= 11 is 0. The van der Waals surface area contributed by atoms with Gasteiger partial charge in [0, 0.05) is 6.20 Å². The molecule has 2 aromatic rings. The number of amides is 1. The van der Waals surface area contributed by atoms with Crippen LogP contribution in [0, 0.1) is 5.82 Å². The standard InChI is InChI=1S/C11H7F3N4O2/c12-5-1-2-6(17-8(5)9(13)14)7-3-4-16-11(18-7)20-10(15)19/h1-4,9H,(H2,15,19). The van der Waals surface area contributed by atoms with Crippen molar-refractivity contribution in [1.82, 2.24) is 15.0 Å². The molecular formula is C11H7F3N4O2. The zero-order valence-electron chi connectivity index (χ0n) is 9.76. The second-order valence-corrected chi connectivity index (χ2v) is 3.51. The number of pyridine rings is 1. The number of aromatic nitrogens is 3. The summed E-state index contributed by atoms with van der Waals surface area (Å²) in [5.41, 5.74) is 3.87. The average molecular weight is 284 g/mol. The zero-order chi connectivity index (χ0) is 14.7. The highest BCUT2D eigenvalue weighted by atomic mass is 19.3. The number of primary amides is 1. The topological polar surface area (TPSA) is 91.0 Å². The Morgan fingerprint density at radius 1 is 1.20 bits per heavy atom. The zero-order valence-corrected chi connectivity index (χ0v) is 9.76. The van der Waals surface area contributed by atoms with E-state index in [2.05, 4.69) is 19.7 Å². The van der Waals surface area contributed by atoms with E-state index < -0.39 is 24.0 Å². The van der Waals surface area contributed by atoms with E-state index >= 15 is 0 Å². The predicted molar refractivity (Wildman–Crippen MR) is 60.4 cm³/mol. The van der Waals surface area contributed by atoms with Gasteiger partial charge in [-0.2, -0.15) is 4.98 Å². The third-order valence-corrected chi connectivity index (χ3v) is 2.17. The van der Waals surface area contributed by atoms with E-state index in [4.69, 9.17) is 5.73 Å². The van der Waals surface area contributed by atoms with Crippen LogP contribution in [-0.4, -0.2) is 21.0 Å². The van der Waals surface area contributed by atoms with Crippen LogP contribution in [0.25, 0.3) is 11.4 Å². The Bertz CT molecular complexity index is 651. The fraction of sp³-hybridized carbons (Fsp3) is 0.0909. The monoisotopic (exact) mass is 284 g/mol. The highest BCUT2D eigenvalue weighted by molar-refractivity contribution is 5.67. The molecule has 0 saturated heterocycles. The Kier molecular flexibility index (Phi) is 3.78. The van der Waals surface area contributed by atoms with Gasteiger partial charge >= 0.3 is 12.1 Å². The van der Waals surface area contributed by atoms with Gasteiger partial charge in [0.05, 0.1) is 11.4 Å². The molecule has 0 spiro atoms. The molecule has 2 N–H and O–H groups in total. The molecule has 6 nitrogen and oxygen atoms in total. The van der Waals surface area contributed by atoms with E-state index in [1.54, 1.807) is 0 Å². The minimum absolute atomic E-state index is 0.0154. The molecule has 20 heavy (non-hydrogen) atoms. The first-order valence-electron chi connectivity index (χ1n) is 5.22. The third-order valence-electron chi connectivity index (χ3n) is 2.17. The Morgan fingerprint density at radius 3 is 2.55 bits per heavy atom. The maximum absolute atomic E-state index is 13.1. The largest absolute Gasteiger partial charge is 0.412 e. The fourth-order valence-electron chi connectivity index (χ4n) is 1.38. The molecule has 0 bridgehead atoms. The van der Waals surface area contributed by atoms with Crippen LogP contribution in [0.1, 0.15) is 12.1 Å². The van der Waals surface area contributed by atoms with E-state index in [-0.39, 0.29) is 17.4 Å². The maximum atomic E-state index is 13.1. The lowest BCUT2D eigenvalue weighted by Crippen LogP contribution is -2.17. The van der Waals surface area contributed by atoms with Gasteiger partial charge in [0.15, 0.2) is 5.82 Å². The van der Waals surface area contributed by atoms with Crippen molar-refractivity contribution in [1.29, 1.82) is 0 Å². The van der Waals surface area contributed by atoms with E-state index in [0.717, 1.165) is 12.1 Å². The Labute approximate surface area is 110 Å². The molecule has 104 valence electrons. The molecule has 0 saturated carbocycles. The van der Waals surface area contributed by atoms with Gasteiger partial charge in [-0.1, -0.05) is 0 Å². The maximum Gasteiger partial charge on any atom is 0.412 e. The summed E-state index contributed by atoms with van der Waals surface area (Å²) < 4.78 is 42.7. The number of halogens is 3. The summed E-state index contributed by atoms with van der Waals surface area (Å²) in [6, 6.07) is 2.99. The van der Waals surface area contributed by atoms with Crippen molar-refractivity contribution in [3.8, 4) is 17.4 Å². The normalized spacial score (nSPS) is 10.6. The van der Waals surface area contributed by atoms with Crippen LogP contribution in [0.2, 0.25) is 0 Å². The Balaban J connectivity index is 2.41. The first kappa shape index (κ1) is 13.7. The average Bonchev–Trinajstić information content (AvgIpc) is 2.38. The first-order valence-corrected chi connectivity index (χ1v) is 5.22. The van der Waals surface area contributed by atoms with Crippen molar-refractivity contribution in [2.75, 3.05) is 0 Å². The van der Waals surface area contributed by atoms with Crippen LogP contribution in [-0.2, 0) is 0 Å². The minimum Gasteiger partial charge on any atom is -0.374 e. The number of hydrogen-bond acceptors (Lipinski definition) is 5. The second-order valence-electron chi connectivity index (χ2n) is 3.51. The Hall–Kier alpha value is -2.71. The van der Waals surface area contributed by atoms with Crippen molar-refractivity contribution >= 4 is 6.09 Å². The van der Waals surface area contributed by atoms with E-state index in [9.17, 15) is 18.0 Å². The summed E-state index contributed by atoms with van der Waals surface area (Å²) in [7, 11) is 0. The van der Waals surface area contributed by atoms with Crippen LogP contribution in [0.15, 0.2) is 24.4 Å². The molecule has 9 heteroatoms. The molecule has 2 aromatic heterocycles. The van der Waals surface area contributed by atoms with Crippen molar-refractivity contribution < 1.29 is 22.7 Å². The van der Waals surface area contributed by atoms with E-state index in [1.807, 2.05) is 0 Å². The quantitative estimate of drug-likeness (QED) is 0.931. The molecule has 0 aliphatic rings. The molecule has 0 atom stereocenters. The van der Waals surface area contributed by atoms with Crippen LogP contribution >= 0.6 is 0 Å². The molecule has 2 heterocycles. The molecule has 2 rings (SSSR count). The fourth-order valence-corrected chi connectivity index (χ4v) is 1.38. The SMILES string of the molecule is NC(=O)Oc1nccc(-c2ccc(F)c(C(F)F)n2)n1. The van der Waals surface area contributed by atoms with Gasteiger partial charge in [-0.3, -0.25) is 0 Å². The number of nitrogens with zero attached hydrogens (tertiary/aromatic N) is 3. The third kappa shape index (κ3) is 2.99. The van der Waals surface area contributed by atoms with Gasteiger partial charge in [-0.25, -0.2) is 27.9 Å². The number of rotatable bonds is 3. The van der Waals surface area contributed by atoms with Crippen LogP contribution in [0.3, 0.4) is 0 Å². The molecule has 0 aliphatic heterocycles. The molecule has 0 fully saturated rings. The number of hydrogen-bond donors (Lipinski definition) is 1. The number of carbonyl (C=O) groups excluding carboxylic acids is 1. The Morgan fingerprint density at radius 2 is 1.90 bits per heavy atom. The lowest BCUT2D eigenvalue weighted by atomic mass is 10.2. The summed E-state index contributed by atoms with van der Waals surface area (Å²) in [4.78, 5) is 21.4. The lowest BCUT2D eigenvalue weighted by molar-refractivity contribution is 0.140. The molecule has 0 radical (unpaired) electrons. The number of ether oxygens (including phenoxy) is 1. The number of alkyl halides is 2. The molecule has 1 amide bonds. The summed E-state index contributed by atoms with van der Waals surface area (Å²) in [6.45, 7) is 0.